The lowest BCUT2D eigenvalue weighted by atomic mass is 9.72. The summed E-state index contributed by atoms with van der Waals surface area (Å²) in [4.78, 5) is 18.8. The topological polar surface area (TPSA) is 75.0 Å². The molecule has 1 atom stereocenters. The predicted octanol–water partition coefficient (Wildman–Crippen LogP) is 7.18. The molecule has 7 heteroatoms. The van der Waals surface area contributed by atoms with E-state index in [2.05, 4.69) is 37.1 Å². The summed E-state index contributed by atoms with van der Waals surface area (Å²) in [5, 5.41) is 16.4. The molecule has 0 saturated heterocycles. The van der Waals surface area contributed by atoms with Crippen LogP contribution in [0.2, 0.25) is 0 Å². The van der Waals surface area contributed by atoms with Crippen LogP contribution < -0.4 is 5.32 Å². The van der Waals surface area contributed by atoms with Crippen LogP contribution in [0, 0.1) is 22.7 Å². The first-order valence-electron chi connectivity index (χ1n) is 11.5. The molecule has 1 aromatic carbocycles. The minimum Gasteiger partial charge on any atom is -0.462 e. The number of benzene rings is 1. The third-order valence-corrected chi connectivity index (χ3v) is 8.30. The number of fused-ring (bicyclic) bond motifs is 1. The number of thiophene rings is 1. The maximum atomic E-state index is 12.9. The normalized spacial score (nSPS) is 16.0. The molecule has 0 fully saturated rings. The first-order valence-corrected chi connectivity index (χ1v) is 13.2. The molecule has 0 spiro atoms. The Morgan fingerprint density at radius 3 is 2.76 bits per heavy atom. The van der Waals surface area contributed by atoms with Crippen LogP contribution in [0.3, 0.4) is 0 Å². The van der Waals surface area contributed by atoms with Crippen molar-refractivity contribution in [2.45, 2.75) is 47.0 Å². The summed E-state index contributed by atoms with van der Waals surface area (Å²) in [6.45, 7) is 8.98. The van der Waals surface area contributed by atoms with Gasteiger partial charge in [-0.15, -0.1) is 22.7 Å². The fraction of sp³-hybridized carbons (Fsp3) is 0.370. The molecule has 1 aliphatic rings. The van der Waals surface area contributed by atoms with Gasteiger partial charge in [0.2, 0.25) is 0 Å². The number of esters is 1. The van der Waals surface area contributed by atoms with E-state index in [1.165, 1.54) is 16.2 Å². The van der Waals surface area contributed by atoms with E-state index in [0.29, 0.717) is 28.7 Å². The van der Waals surface area contributed by atoms with Gasteiger partial charge in [-0.3, -0.25) is 0 Å². The number of carbonyl (C=O) groups is 1. The molecule has 0 bridgehead atoms. The van der Waals surface area contributed by atoms with Gasteiger partial charge in [-0.05, 0) is 43.1 Å². The monoisotopic (exact) mass is 491 g/mol. The molecule has 0 amide bonds. The van der Waals surface area contributed by atoms with E-state index in [9.17, 15) is 10.1 Å². The van der Waals surface area contributed by atoms with Gasteiger partial charge in [0.1, 0.15) is 21.7 Å². The van der Waals surface area contributed by atoms with Gasteiger partial charge in [0.05, 0.1) is 17.9 Å². The summed E-state index contributed by atoms with van der Waals surface area (Å²) >= 11 is 3.03. The van der Waals surface area contributed by atoms with Crippen LogP contribution in [0.15, 0.2) is 41.9 Å². The van der Waals surface area contributed by atoms with Gasteiger partial charge >= 0.3 is 5.97 Å². The third-order valence-electron chi connectivity index (χ3n) is 6.24. The predicted molar refractivity (Wildman–Crippen MR) is 140 cm³/mol. The zero-order chi connectivity index (χ0) is 24.3. The summed E-state index contributed by atoms with van der Waals surface area (Å²) in [5.41, 5.74) is 4.22. The molecule has 0 unspecified atom stereocenters. The number of aromatic nitrogens is 1. The van der Waals surface area contributed by atoms with Crippen LogP contribution in [0.4, 0.5) is 5.00 Å². The van der Waals surface area contributed by atoms with Crippen molar-refractivity contribution >= 4 is 39.2 Å². The van der Waals surface area contributed by atoms with Crippen molar-refractivity contribution in [2.24, 2.45) is 11.3 Å². The minimum atomic E-state index is -0.302. The summed E-state index contributed by atoms with van der Waals surface area (Å²) in [7, 11) is 0. The van der Waals surface area contributed by atoms with Gasteiger partial charge in [-0.2, -0.15) is 5.26 Å². The molecule has 2 aromatic heterocycles. The molecule has 1 aliphatic carbocycles. The minimum absolute atomic E-state index is 0.217. The molecular weight excluding hydrogens is 462 g/mol. The average Bonchev–Trinajstić information content (AvgIpc) is 3.44. The Hall–Kier alpha value is -2.95. The van der Waals surface area contributed by atoms with Crippen LogP contribution in [0.5, 0.6) is 0 Å². The molecule has 176 valence electrons. The average molecular weight is 492 g/mol. The standard InChI is InChI=1S/C27H29N3O2S2/c1-5-32-26(31)23-20-12-11-19(27(2,3)4)13-22(20)34-25(23)29-15-18(14-28)24-30-21(16-33-24)17-9-7-6-8-10-17/h6-10,15-16,19,29H,5,11-13H2,1-4H3/b18-15+/t19-/m1/s1. The number of thiazole rings is 1. The second kappa shape index (κ2) is 10.1. The number of nitriles is 1. The van der Waals surface area contributed by atoms with Crippen LogP contribution in [-0.4, -0.2) is 17.6 Å². The number of rotatable bonds is 6. The van der Waals surface area contributed by atoms with Gasteiger partial charge in [-0.25, -0.2) is 9.78 Å². The molecule has 1 N–H and O–H groups in total. The number of allylic oxidation sites excluding steroid dienone is 1. The third kappa shape index (κ3) is 5.08. The quantitative estimate of drug-likeness (QED) is 0.292. The van der Waals surface area contributed by atoms with Crippen molar-refractivity contribution in [3.05, 3.63) is 62.9 Å². The van der Waals surface area contributed by atoms with Gasteiger partial charge in [0.25, 0.3) is 0 Å². The van der Waals surface area contributed by atoms with E-state index < -0.39 is 0 Å². The molecule has 2 heterocycles. The highest BCUT2D eigenvalue weighted by molar-refractivity contribution is 7.16. The van der Waals surface area contributed by atoms with Gasteiger partial charge < -0.3 is 10.1 Å². The molecule has 0 radical (unpaired) electrons. The van der Waals surface area contributed by atoms with Crippen molar-refractivity contribution in [3.8, 4) is 17.3 Å². The summed E-state index contributed by atoms with van der Waals surface area (Å²) in [5.74, 6) is 0.266. The van der Waals surface area contributed by atoms with E-state index in [0.717, 1.165) is 41.1 Å². The number of hydrogen-bond acceptors (Lipinski definition) is 7. The number of anilines is 1. The Morgan fingerprint density at radius 2 is 2.09 bits per heavy atom. The largest absolute Gasteiger partial charge is 0.462 e. The van der Waals surface area contributed by atoms with Crippen LogP contribution in [0.1, 0.15) is 59.9 Å². The van der Waals surface area contributed by atoms with E-state index >= 15 is 0 Å². The van der Waals surface area contributed by atoms with E-state index in [1.54, 1.807) is 17.5 Å². The van der Waals surface area contributed by atoms with Gasteiger partial charge in [0.15, 0.2) is 0 Å². The summed E-state index contributed by atoms with van der Waals surface area (Å²) < 4.78 is 5.39. The fourth-order valence-electron chi connectivity index (χ4n) is 4.26. The Morgan fingerprint density at radius 1 is 1.32 bits per heavy atom. The van der Waals surface area contributed by atoms with Crippen LogP contribution in [-0.2, 0) is 17.6 Å². The molecule has 0 aliphatic heterocycles. The molecule has 4 rings (SSSR count). The smallest absolute Gasteiger partial charge is 0.341 e. The lowest BCUT2D eigenvalue weighted by Gasteiger charge is -2.33. The van der Waals surface area contributed by atoms with Crippen molar-refractivity contribution < 1.29 is 9.53 Å². The number of nitrogens with zero attached hydrogens (tertiary/aromatic N) is 2. The van der Waals surface area contributed by atoms with Crippen molar-refractivity contribution in [1.29, 1.82) is 5.26 Å². The number of carbonyl (C=O) groups excluding carboxylic acids is 1. The molecule has 3 aromatic rings. The second-order valence-electron chi connectivity index (χ2n) is 9.45. The first-order chi connectivity index (χ1) is 16.3. The van der Waals surface area contributed by atoms with E-state index in [4.69, 9.17) is 4.74 Å². The van der Waals surface area contributed by atoms with Crippen molar-refractivity contribution in [3.63, 3.8) is 0 Å². The Bertz CT molecular complexity index is 1240. The highest BCUT2D eigenvalue weighted by Crippen LogP contribution is 2.44. The van der Waals surface area contributed by atoms with E-state index in [1.807, 2.05) is 42.6 Å². The van der Waals surface area contributed by atoms with Crippen LogP contribution >= 0.6 is 22.7 Å². The SMILES string of the molecule is CCOC(=O)c1c(N/C=C(\C#N)c2nc(-c3ccccc3)cs2)sc2c1CC[C@@H](C(C)(C)C)C2. The van der Waals surface area contributed by atoms with E-state index in [-0.39, 0.29) is 11.4 Å². The summed E-state index contributed by atoms with van der Waals surface area (Å²) in [6, 6.07) is 12.2. The molecule has 0 saturated carbocycles. The number of nitrogens with one attached hydrogen (secondary N) is 1. The van der Waals surface area contributed by atoms with Crippen molar-refractivity contribution in [2.75, 3.05) is 11.9 Å². The number of hydrogen-bond donors (Lipinski definition) is 1. The number of ether oxygens (including phenoxy) is 1. The lowest BCUT2D eigenvalue weighted by Crippen LogP contribution is -2.26. The summed E-state index contributed by atoms with van der Waals surface area (Å²) in [6.07, 6.45) is 4.54. The van der Waals surface area contributed by atoms with Crippen LogP contribution in [0.25, 0.3) is 16.8 Å². The highest BCUT2D eigenvalue weighted by atomic mass is 32.1. The zero-order valence-corrected chi connectivity index (χ0v) is 21.6. The highest BCUT2D eigenvalue weighted by Gasteiger charge is 2.34. The lowest BCUT2D eigenvalue weighted by molar-refractivity contribution is 0.0526. The maximum Gasteiger partial charge on any atom is 0.341 e. The zero-order valence-electron chi connectivity index (χ0n) is 20.0. The van der Waals surface area contributed by atoms with Gasteiger partial charge in [0, 0.05) is 22.0 Å². The molecule has 5 nitrogen and oxygen atoms in total. The Labute approximate surface area is 209 Å². The molecule has 34 heavy (non-hydrogen) atoms. The maximum absolute atomic E-state index is 12.9. The van der Waals surface area contributed by atoms with Gasteiger partial charge in [-0.1, -0.05) is 51.1 Å². The van der Waals surface area contributed by atoms with Crippen molar-refractivity contribution in [1.82, 2.24) is 4.98 Å². The fourth-order valence-corrected chi connectivity index (χ4v) is 6.34. The Balaban J connectivity index is 1.64. The first kappa shape index (κ1) is 24.2. The second-order valence-corrected chi connectivity index (χ2v) is 11.4. The Kier molecular flexibility index (Phi) is 7.20. The molecular formula is C27H29N3O2S2.